The third kappa shape index (κ3) is 4.26. The average Bonchev–Trinajstić information content (AvgIpc) is 3.12. The van der Waals surface area contributed by atoms with Gasteiger partial charge in [-0.15, -0.1) is 0 Å². The second-order valence-electron chi connectivity index (χ2n) is 6.00. The number of aromatic nitrogens is 2. The van der Waals surface area contributed by atoms with E-state index < -0.39 is 33.1 Å². The maximum Gasteiger partial charge on any atom is 0.243 e. The third-order valence-corrected chi connectivity index (χ3v) is 5.42. The highest BCUT2D eigenvalue weighted by molar-refractivity contribution is 7.89. The van der Waals surface area contributed by atoms with E-state index in [0.29, 0.717) is 11.4 Å². The Morgan fingerprint density at radius 3 is 2.61 bits per heavy atom. The molecule has 3 rings (SSSR count). The van der Waals surface area contributed by atoms with E-state index in [1.165, 1.54) is 25.3 Å². The standard InChI is InChI=1S/C19H18FN3O4S/c1-13-7-8-23(22-13)15-9-14(10-16(11-15)27-2)18(24)12-21-28(25,26)19-6-4-3-5-17(19)20/h3-11,21H,12H2,1-2H3. The molecule has 0 unspecified atom stereocenters. The quantitative estimate of drug-likeness (QED) is 0.612. The van der Waals surface area contributed by atoms with E-state index >= 15 is 0 Å². The number of carbonyl (C=O) groups is 1. The zero-order chi connectivity index (χ0) is 20.3. The molecule has 0 fully saturated rings. The van der Waals surface area contributed by atoms with E-state index in [0.717, 1.165) is 17.8 Å². The van der Waals surface area contributed by atoms with E-state index in [2.05, 4.69) is 9.82 Å². The Morgan fingerprint density at radius 1 is 1.21 bits per heavy atom. The molecule has 28 heavy (non-hydrogen) atoms. The van der Waals surface area contributed by atoms with Crippen LogP contribution in [0.4, 0.5) is 4.39 Å². The summed E-state index contributed by atoms with van der Waals surface area (Å²) in [5, 5.41) is 4.29. The number of nitrogens with one attached hydrogen (secondary N) is 1. The lowest BCUT2D eigenvalue weighted by molar-refractivity contribution is 0.0996. The molecule has 1 heterocycles. The molecule has 1 N–H and O–H groups in total. The van der Waals surface area contributed by atoms with E-state index in [-0.39, 0.29) is 5.56 Å². The number of benzene rings is 2. The molecular formula is C19H18FN3O4S. The van der Waals surface area contributed by atoms with Crippen LogP contribution in [-0.2, 0) is 10.0 Å². The number of hydrogen-bond donors (Lipinski definition) is 1. The maximum absolute atomic E-state index is 13.7. The molecule has 0 aliphatic carbocycles. The summed E-state index contributed by atoms with van der Waals surface area (Å²) < 4.78 is 47.2. The van der Waals surface area contributed by atoms with Gasteiger partial charge in [0, 0.05) is 17.8 Å². The Balaban J connectivity index is 1.83. The van der Waals surface area contributed by atoms with Gasteiger partial charge in [0.2, 0.25) is 10.0 Å². The SMILES string of the molecule is COc1cc(C(=O)CNS(=O)(=O)c2ccccc2F)cc(-n2ccc(C)n2)c1. The Bertz CT molecular complexity index is 1130. The van der Waals surface area contributed by atoms with E-state index in [1.54, 1.807) is 23.0 Å². The highest BCUT2D eigenvalue weighted by Gasteiger charge is 2.20. The number of ketones is 1. The number of hydrogen-bond acceptors (Lipinski definition) is 5. The van der Waals surface area contributed by atoms with Gasteiger partial charge in [0.15, 0.2) is 5.78 Å². The molecule has 0 saturated carbocycles. The van der Waals surface area contributed by atoms with Crippen molar-refractivity contribution >= 4 is 15.8 Å². The van der Waals surface area contributed by atoms with Crippen LogP contribution >= 0.6 is 0 Å². The fourth-order valence-electron chi connectivity index (χ4n) is 2.56. The third-order valence-electron chi connectivity index (χ3n) is 3.98. The van der Waals surface area contributed by atoms with E-state index in [9.17, 15) is 17.6 Å². The topological polar surface area (TPSA) is 90.3 Å². The van der Waals surface area contributed by atoms with Gasteiger partial charge in [-0.25, -0.2) is 22.2 Å². The van der Waals surface area contributed by atoms with Gasteiger partial charge in [-0.05, 0) is 37.3 Å². The van der Waals surface area contributed by atoms with Crippen LogP contribution in [0.5, 0.6) is 5.75 Å². The van der Waals surface area contributed by atoms with E-state index in [4.69, 9.17) is 4.74 Å². The van der Waals surface area contributed by atoms with Crippen LogP contribution in [0.15, 0.2) is 59.6 Å². The Hall–Kier alpha value is -3.04. The van der Waals surface area contributed by atoms with E-state index in [1.807, 2.05) is 13.0 Å². The second kappa shape index (κ2) is 7.91. The number of aryl methyl sites for hydroxylation is 1. The second-order valence-corrected chi connectivity index (χ2v) is 7.73. The number of ether oxygens (including phenoxy) is 1. The number of nitrogens with zero attached hydrogens (tertiary/aromatic N) is 2. The summed E-state index contributed by atoms with van der Waals surface area (Å²) >= 11 is 0. The largest absolute Gasteiger partial charge is 0.497 e. The van der Waals surface area contributed by atoms with Crippen LogP contribution in [0, 0.1) is 12.7 Å². The van der Waals surface area contributed by atoms with Crippen molar-refractivity contribution in [1.82, 2.24) is 14.5 Å². The number of halogens is 1. The molecule has 0 amide bonds. The first-order valence-electron chi connectivity index (χ1n) is 8.29. The van der Waals surface area contributed by atoms with Gasteiger partial charge in [0.25, 0.3) is 0 Å². The molecule has 1 aromatic heterocycles. The van der Waals surface area contributed by atoms with Crippen molar-refractivity contribution < 1.29 is 22.3 Å². The molecule has 0 aliphatic rings. The van der Waals surface area contributed by atoms with Crippen molar-refractivity contribution in [2.45, 2.75) is 11.8 Å². The van der Waals surface area contributed by atoms with Crippen LogP contribution in [-0.4, -0.2) is 37.6 Å². The number of carbonyl (C=O) groups excluding carboxylic acids is 1. The first-order chi connectivity index (χ1) is 13.3. The molecule has 146 valence electrons. The Labute approximate surface area is 161 Å². The minimum absolute atomic E-state index is 0.235. The molecule has 0 aliphatic heterocycles. The van der Waals surface area contributed by atoms with Crippen molar-refractivity contribution in [2.24, 2.45) is 0 Å². The van der Waals surface area contributed by atoms with Crippen LogP contribution in [0.25, 0.3) is 5.69 Å². The minimum Gasteiger partial charge on any atom is -0.497 e. The normalized spacial score (nSPS) is 11.4. The summed E-state index contributed by atoms with van der Waals surface area (Å²) in [6.07, 6.45) is 1.74. The summed E-state index contributed by atoms with van der Waals surface area (Å²) in [5.74, 6) is -0.963. The van der Waals surface area contributed by atoms with Crippen molar-refractivity contribution in [1.29, 1.82) is 0 Å². The summed E-state index contributed by atoms with van der Waals surface area (Å²) in [7, 11) is -2.70. The van der Waals surface area contributed by atoms with Crippen LogP contribution in [0.1, 0.15) is 16.1 Å². The smallest absolute Gasteiger partial charge is 0.243 e. The predicted molar refractivity (Wildman–Crippen MR) is 101 cm³/mol. The summed E-state index contributed by atoms with van der Waals surface area (Å²) in [6.45, 7) is 1.31. The van der Waals surface area contributed by atoms with Gasteiger partial charge in [0.05, 0.1) is 25.0 Å². The van der Waals surface area contributed by atoms with Gasteiger partial charge in [-0.2, -0.15) is 5.10 Å². The van der Waals surface area contributed by atoms with Crippen LogP contribution in [0.3, 0.4) is 0 Å². The molecule has 0 radical (unpaired) electrons. The van der Waals surface area contributed by atoms with Gasteiger partial charge < -0.3 is 4.74 Å². The lowest BCUT2D eigenvalue weighted by atomic mass is 10.1. The van der Waals surface area contributed by atoms with Crippen LogP contribution < -0.4 is 9.46 Å². The predicted octanol–water partition coefficient (Wildman–Crippen LogP) is 2.49. The molecule has 0 atom stereocenters. The van der Waals surface area contributed by atoms with Gasteiger partial charge in [-0.1, -0.05) is 12.1 Å². The molecule has 3 aromatic rings. The summed E-state index contributed by atoms with van der Waals surface area (Å²) in [4.78, 5) is 12.0. The lowest BCUT2D eigenvalue weighted by Gasteiger charge is -2.10. The Morgan fingerprint density at radius 2 is 1.96 bits per heavy atom. The summed E-state index contributed by atoms with van der Waals surface area (Å²) in [6, 6.07) is 11.5. The number of methoxy groups -OCH3 is 1. The zero-order valence-electron chi connectivity index (χ0n) is 15.2. The average molecular weight is 403 g/mol. The number of sulfonamides is 1. The molecule has 9 heteroatoms. The van der Waals surface area contributed by atoms with Crippen molar-refractivity contribution in [2.75, 3.05) is 13.7 Å². The monoisotopic (exact) mass is 403 g/mol. The van der Waals surface area contributed by atoms with Gasteiger partial charge >= 0.3 is 0 Å². The van der Waals surface area contributed by atoms with Gasteiger partial charge in [0.1, 0.15) is 16.5 Å². The minimum atomic E-state index is -4.16. The van der Waals surface area contributed by atoms with Crippen molar-refractivity contribution in [3.05, 3.63) is 71.8 Å². The fraction of sp³-hybridized carbons (Fsp3) is 0.158. The first-order valence-corrected chi connectivity index (χ1v) is 9.77. The molecule has 0 spiro atoms. The zero-order valence-corrected chi connectivity index (χ0v) is 16.0. The highest BCUT2D eigenvalue weighted by atomic mass is 32.2. The summed E-state index contributed by atoms with van der Waals surface area (Å²) in [5.41, 5.74) is 1.62. The van der Waals surface area contributed by atoms with Crippen LogP contribution in [0.2, 0.25) is 0 Å². The van der Waals surface area contributed by atoms with Crippen molar-refractivity contribution in [3.8, 4) is 11.4 Å². The molecule has 2 aromatic carbocycles. The van der Waals surface area contributed by atoms with Gasteiger partial charge in [-0.3, -0.25) is 4.79 Å². The maximum atomic E-state index is 13.7. The number of rotatable bonds is 7. The first kappa shape index (κ1) is 19.7. The molecular weight excluding hydrogens is 385 g/mol. The molecule has 0 saturated heterocycles. The Kier molecular flexibility index (Phi) is 5.57. The number of Topliss-reactive ketones (excluding diaryl/α,β-unsaturated/α-hetero) is 1. The highest BCUT2D eigenvalue weighted by Crippen LogP contribution is 2.21. The lowest BCUT2D eigenvalue weighted by Crippen LogP contribution is -2.30. The fourth-order valence-corrected chi connectivity index (χ4v) is 3.62. The molecule has 0 bridgehead atoms. The molecule has 7 nitrogen and oxygen atoms in total. The van der Waals surface area contributed by atoms with Crippen molar-refractivity contribution in [3.63, 3.8) is 0 Å².